The number of aliphatic hydroxyl groups is 1. The smallest absolute Gasteiger partial charge is 0.325 e. The second kappa shape index (κ2) is 5.79. The van der Waals surface area contributed by atoms with Gasteiger partial charge in [-0.3, -0.25) is 9.59 Å². The molecule has 8 heteroatoms. The SMILES string of the molecule is O=C(O)Cn1cc(C(=O)N(CCO)C2CCC2)nn1. The topological polar surface area (TPSA) is 109 Å². The first kappa shape index (κ1) is 13.5. The molecule has 0 radical (unpaired) electrons. The molecule has 8 nitrogen and oxygen atoms in total. The fraction of sp³-hybridized carbons (Fsp3) is 0.636. The maximum Gasteiger partial charge on any atom is 0.325 e. The van der Waals surface area contributed by atoms with Crippen molar-refractivity contribution < 1.29 is 19.8 Å². The van der Waals surface area contributed by atoms with Crippen molar-refractivity contribution in [2.45, 2.75) is 31.8 Å². The summed E-state index contributed by atoms with van der Waals surface area (Å²) in [6.45, 7) is -0.176. The van der Waals surface area contributed by atoms with Gasteiger partial charge < -0.3 is 15.1 Å². The molecule has 1 saturated carbocycles. The van der Waals surface area contributed by atoms with Crippen molar-refractivity contribution in [1.29, 1.82) is 0 Å². The normalized spacial score (nSPS) is 15.0. The molecule has 0 bridgehead atoms. The number of amides is 1. The lowest BCUT2D eigenvalue weighted by molar-refractivity contribution is -0.137. The molecule has 0 aromatic carbocycles. The molecule has 0 unspecified atom stereocenters. The van der Waals surface area contributed by atoms with Crippen molar-refractivity contribution in [3.05, 3.63) is 11.9 Å². The summed E-state index contributed by atoms with van der Waals surface area (Å²) in [4.78, 5) is 24.3. The van der Waals surface area contributed by atoms with E-state index in [-0.39, 0.29) is 37.3 Å². The highest BCUT2D eigenvalue weighted by molar-refractivity contribution is 5.92. The highest BCUT2D eigenvalue weighted by Crippen LogP contribution is 2.25. The minimum absolute atomic E-state index is 0.106. The summed E-state index contributed by atoms with van der Waals surface area (Å²) in [5.41, 5.74) is 0.113. The molecule has 104 valence electrons. The largest absolute Gasteiger partial charge is 0.480 e. The van der Waals surface area contributed by atoms with Crippen molar-refractivity contribution in [2.24, 2.45) is 0 Å². The summed E-state index contributed by atoms with van der Waals surface area (Å²) >= 11 is 0. The number of hydrogen-bond donors (Lipinski definition) is 2. The molecule has 1 amide bonds. The minimum atomic E-state index is -1.05. The number of carboxylic acid groups (broad SMARTS) is 1. The highest BCUT2D eigenvalue weighted by atomic mass is 16.4. The van der Waals surface area contributed by atoms with Gasteiger partial charge in [-0.25, -0.2) is 4.68 Å². The minimum Gasteiger partial charge on any atom is -0.480 e. The Morgan fingerprint density at radius 2 is 2.21 bits per heavy atom. The van der Waals surface area contributed by atoms with E-state index in [0.29, 0.717) is 0 Å². The Morgan fingerprint density at radius 3 is 2.74 bits per heavy atom. The van der Waals surface area contributed by atoms with Crippen LogP contribution in [0.15, 0.2) is 6.20 Å². The van der Waals surface area contributed by atoms with E-state index in [2.05, 4.69) is 10.3 Å². The van der Waals surface area contributed by atoms with E-state index < -0.39 is 5.97 Å². The lowest BCUT2D eigenvalue weighted by Crippen LogP contribution is -2.45. The van der Waals surface area contributed by atoms with Crippen LogP contribution in [-0.2, 0) is 11.3 Å². The fourth-order valence-corrected chi connectivity index (χ4v) is 2.02. The third-order valence-corrected chi connectivity index (χ3v) is 3.17. The highest BCUT2D eigenvalue weighted by Gasteiger charge is 2.30. The second-order valence-corrected chi connectivity index (χ2v) is 4.50. The average Bonchev–Trinajstić information content (AvgIpc) is 2.72. The number of hydrogen-bond acceptors (Lipinski definition) is 5. The van der Waals surface area contributed by atoms with Crippen LogP contribution in [0.25, 0.3) is 0 Å². The predicted octanol–water partition coefficient (Wildman–Crippen LogP) is -0.650. The quantitative estimate of drug-likeness (QED) is 0.709. The van der Waals surface area contributed by atoms with Crippen LogP contribution in [-0.4, -0.2) is 61.2 Å². The molecule has 0 aliphatic heterocycles. The molecule has 0 spiro atoms. The van der Waals surface area contributed by atoms with E-state index >= 15 is 0 Å². The molecule has 2 N–H and O–H groups in total. The second-order valence-electron chi connectivity index (χ2n) is 4.50. The van der Waals surface area contributed by atoms with E-state index in [1.807, 2.05) is 0 Å². The number of rotatable bonds is 6. The zero-order chi connectivity index (χ0) is 13.8. The first-order valence-electron chi connectivity index (χ1n) is 6.15. The molecule has 1 aromatic rings. The van der Waals surface area contributed by atoms with Crippen molar-refractivity contribution >= 4 is 11.9 Å². The van der Waals surface area contributed by atoms with E-state index in [1.165, 1.54) is 6.20 Å². The zero-order valence-electron chi connectivity index (χ0n) is 10.4. The van der Waals surface area contributed by atoms with Crippen LogP contribution in [0.1, 0.15) is 29.8 Å². The lowest BCUT2D eigenvalue weighted by atomic mass is 9.91. The number of nitrogens with zero attached hydrogens (tertiary/aromatic N) is 4. The molecule has 1 fully saturated rings. The first-order valence-corrected chi connectivity index (χ1v) is 6.15. The lowest BCUT2D eigenvalue weighted by Gasteiger charge is -2.36. The monoisotopic (exact) mass is 268 g/mol. The van der Waals surface area contributed by atoms with Crippen molar-refractivity contribution in [2.75, 3.05) is 13.2 Å². The van der Waals surface area contributed by atoms with Crippen molar-refractivity contribution in [3.8, 4) is 0 Å². The van der Waals surface area contributed by atoms with Crippen LogP contribution >= 0.6 is 0 Å². The third-order valence-electron chi connectivity index (χ3n) is 3.17. The number of carbonyl (C=O) groups is 2. The summed E-state index contributed by atoms with van der Waals surface area (Å²) in [6.07, 6.45) is 4.25. The van der Waals surface area contributed by atoms with Gasteiger partial charge in [0, 0.05) is 12.6 Å². The Hall–Kier alpha value is -1.96. The molecule has 1 aromatic heterocycles. The van der Waals surface area contributed by atoms with Crippen LogP contribution in [0.5, 0.6) is 0 Å². The Balaban J connectivity index is 2.07. The van der Waals surface area contributed by atoms with Crippen molar-refractivity contribution in [1.82, 2.24) is 19.9 Å². The van der Waals surface area contributed by atoms with Gasteiger partial charge in [-0.15, -0.1) is 5.10 Å². The van der Waals surface area contributed by atoms with Gasteiger partial charge in [0.15, 0.2) is 5.69 Å². The zero-order valence-corrected chi connectivity index (χ0v) is 10.4. The van der Waals surface area contributed by atoms with E-state index in [4.69, 9.17) is 10.2 Å². The molecule has 1 aliphatic rings. The van der Waals surface area contributed by atoms with Crippen LogP contribution in [0.2, 0.25) is 0 Å². The Bertz CT molecular complexity index is 469. The predicted molar refractivity (Wildman–Crippen MR) is 63.4 cm³/mol. The van der Waals surface area contributed by atoms with Crippen molar-refractivity contribution in [3.63, 3.8) is 0 Å². The maximum absolute atomic E-state index is 12.2. The van der Waals surface area contributed by atoms with E-state index in [0.717, 1.165) is 23.9 Å². The van der Waals surface area contributed by atoms with Gasteiger partial charge in [-0.1, -0.05) is 5.21 Å². The van der Waals surface area contributed by atoms with Gasteiger partial charge in [0.1, 0.15) is 6.54 Å². The molecule has 2 rings (SSSR count). The third kappa shape index (κ3) is 3.08. The van der Waals surface area contributed by atoms with Gasteiger partial charge in [0.2, 0.25) is 0 Å². The summed E-state index contributed by atoms with van der Waals surface area (Å²) < 4.78 is 1.10. The van der Waals surface area contributed by atoms with Gasteiger partial charge in [0.05, 0.1) is 12.8 Å². The maximum atomic E-state index is 12.2. The van der Waals surface area contributed by atoms with Gasteiger partial charge in [-0.2, -0.15) is 0 Å². The summed E-state index contributed by atoms with van der Waals surface area (Å²) in [7, 11) is 0. The molecular formula is C11H16N4O4. The molecular weight excluding hydrogens is 252 g/mol. The standard InChI is InChI=1S/C11H16N4O4/c16-5-4-15(8-2-1-3-8)11(19)9-6-14(13-12-9)7-10(17)18/h6,8,16H,1-5,7H2,(H,17,18). The molecule has 0 atom stereocenters. The van der Waals surface area contributed by atoms with Crippen LogP contribution < -0.4 is 0 Å². The van der Waals surface area contributed by atoms with Crippen LogP contribution in [0.3, 0.4) is 0 Å². The van der Waals surface area contributed by atoms with Gasteiger partial charge in [0.25, 0.3) is 5.91 Å². The van der Waals surface area contributed by atoms with Gasteiger partial charge in [-0.05, 0) is 19.3 Å². The number of aliphatic hydroxyl groups excluding tert-OH is 1. The van der Waals surface area contributed by atoms with Crippen LogP contribution in [0, 0.1) is 0 Å². The summed E-state index contributed by atoms with van der Waals surface area (Å²) in [5.74, 6) is -1.36. The molecule has 0 saturated heterocycles. The molecule has 1 aliphatic carbocycles. The van der Waals surface area contributed by atoms with E-state index in [9.17, 15) is 9.59 Å². The summed E-state index contributed by atoms with van der Waals surface area (Å²) in [6, 6.07) is 0.143. The number of carbonyl (C=O) groups excluding carboxylic acids is 1. The molecule has 1 heterocycles. The van der Waals surface area contributed by atoms with Crippen LogP contribution in [0.4, 0.5) is 0 Å². The number of aromatic nitrogens is 3. The number of carboxylic acids is 1. The summed E-state index contributed by atoms with van der Waals surface area (Å²) in [5, 5.41) is 24.9. The average molecular weight is 268 g/mol. The first-order chi connectivity index (χ1) is 9.11. The van der Waals surface area contributed by atoms with Gasteiger partial charge >= 0.3 is 5.97 Å². The Labute approximate surface area is 109 Å². The molecule has 19 heavy (non-hydrogen) atoms. The fourth-order valence-electron chi connectivity index (χ4n) is 2.02. The Kier molecular flexibility index (Phi) is 4.10. The Morgan fingerprint density at radius 1 is 1.47 bits per heavy atom. The van der Waals surface area contributed by atoms with E-state index in [1.54, 1.807) is 4.90 Å². The number of aliphatic carboxylic acids is 1.